The first-order valence-electron chi connectivity index (χ1n) is 12.5. The lowest BCUT2D eigenvalue weighted by atomic mass is 9.98. The second kappa shape index (κ2) is 10.2. The third kappa shape index (κ3) is 4.91. The van der Waals surface area contributed by atoms with E-state index in [1.807, 2.05) is 30.7 Å². The van der Waals surface area contributed by atoms with Gasteiger partial charge in [0.1, 0.15) is 0 Å². The van der Waals surface area contributed by atoms with Crippen LogP contribution in [0.4, 0.5) is 19.1 Å². The van der Waals surface area contributed by atoms with E-state index < -0.39 is 23.7 Å². The van der Waals surface area contributed by atoms with Gasteiger partial charge in [-0.25, -0.2) is 14.5 Å². The Morgan fingerprint density at radius 2 is 2.00 bits per heavy atom. The molecule has 5 rings (SSSR count). The molecule has 2 aromatic carbocycles. The first kappa shape index (κ1) is 27.6. The maximum atomic E-state index is 13.9. The Balaban J connectivity index is 1.58. The molecule has 0 bridgehead atoms. The van der Waals surface area contributed by atoms with Crippen LogP contribution in [0.25, 0.3) is 16.7 Å². The minimum Gasteiger partial charge on any atom is -0.349 e. The average Bonchev–Trinajstić information content (AvgIpc) is 3.28. The molecule has 1 amide bonds. The Morgan fingerprint density at radius 1 is 1.25 bits per heavy atom. The Hall–Kier alpha value is -3.93. The molecule has 1 aliphatic rings. The SMILES string of the molecule is C=CC(C)Nc1nc2c(c(=O)n1-c1ccc3ncn(C)c3c1)CC(C)N(C(=O)c1ccc(Br)c(C(F)(F)F)c1)C2. The van der Waals surface area contributed by atoms with Gasteiger partial charge in [0.05, 0.1) is 40.9 Å². The molecule has 0 radical (unpaired) electrons. The molecule has 0 fully saturated rings. The molecule has 8 nitrogen and oxygen atoms in total. The van der Waals surface area contributed by atoms with Gasteiger partial charge < -0.3 is 14.8 Å². The highest BCUT2D eigenvalue weighted by molar-refractivity contribution is 9.10. The molecule has 3 heterocycles. The maximum absolute atomic E-state index is 13.9. The van der Waals surface area contributed by atoms with Crippen molar-refractivity contribution < 1.29 is 18.0 Å². The van der Waals surface area contributed by atoms with Crippen LogP contribution >= 0.6 is 15.9 Å². The number of benzene rings is 2. The van der Waals surface area contributed by atoms with Crippen LogP contribution in [0, 0.1) is 0 Å². The number of hydrogen-bond donors (Lipinski definition) is 1. The van der Waals surface area contributed by atoms with Gasteiger partial charge in [-0.2, -0.15) is 13.2 Å². The van der Waals surface area contributed by atoms with Gasteiger partial charge in [0.15, 0.2) is 0 Å². The van der Waals surface area contributed by atoms with Crippen molar-refractivity contribution in [3.05, 3.63) is 92.6 Å². The molecule has 40 heavy (non-hydrogen) atoms. The minimum absolute atomic E-state index is 0.0270. The molecule has 12 heteroatoms. The van der Waals surface area contributed by atoms with Gasteiger partial charge in [-0.3, -0.25) is 9.59 Å². The number of imidazole rings is 1. The number of aryl methyl sites for hydroxylation is 1. The van der Waals surface area contributed by atoms with Crippen molar-refractivity contribution in [2.24, 2.45) is 7.05 Å². The lowest BCUT2D eigenvalue weighted by Gasteiger charge is -2.35. The highest BCUT2D eigenvalue weighted by Gasteiger charge is 2.36. The molecule has 2 unspecified atom stereocenters. The number of hydrogen-bond acceptors (Lipinski definition) is 5. The highest BCUT2D eigenvalue weighted by atomic mass is 79.9. The summed E-state index contributed by atoms with van der Waals surface area (Å²) in [6, 6.07) is 8.20. The summed E-state index contributed by atoms with van der Waals surface area (Å²) in [6.07, 6.45) is -1.06. The van der Waals surface area contributed by atoms with Crippen LogP contribution in [0.1, 0.15) is 41.0 Å². The molecule has 1 aliphatic heterocycles. The highest BCUT2D eigenvalue weighted by Crippen LogP contribution is 2.36. The van der Waals surface area contributed by atoms with E-state index in [0.717, 1.165) is 17.1 Å². The first-order chi connectivity index (χ1) is 18.9. The smallest absolute Gasteiger partial charge is 0.349 e. The van der Waals surface area contributed by atoms with Crippen LogP contribution in [0.2, 0.25) is 0 Å². The van der Waals surface area contributed by atoms with Crippen LogP contribution in [-0.4, -0.2) is 42.0 Å². The van der Waals surface area contributed by atoms with Crippen molar-refractivity contribution in [3.8, 4) is 5.69 Å². The Morgan fingerprint density at radius 3 is 2.70 bits per heavy atom. The van der Waals surface area contributed by atoms with Crippen molar-refractivity contribution in [3.63, 3.8) is 0 Å². The summed E-state index contributed by atoms with van der Waals surface area (Å²) in [5.41, 5.74) is 1.74. The number of carbonyl (C=O) groups is 1. The summed E-state index contributed by atoms with van der Waals surface area (Å²) in [5, 5.41) is 3.20. The number of halogens is 4. The number of alkyl halides is 3. The van der Waals surface area contributed by atoms with Gasteiger partial charge in [-0.05, 0) is 56.7 Å². The summed E-state index contributed by atoms with van der Waals surface area (Å²) in [6.45, 7) is 7.40. The van der Waals surface area contributed by atoms with Gasteiger partial charge in [0, 0.05) is 34.7 Å². The van der Waals surface area contributed by atoms with Gasteiger partial charge >= 0.3 is 6.18 Å². The number of nitrogens with zero attached hydrogens (tertiary/aromatic N) is 5. The average molecular weight is 615 g/mol. The number of anilines is 1. The number of rotatable bonds is 5. The normalized spacial score (nSPS) is 16.1. The molecule has 4 aromatic rings. The lowest BCUT2D eigenvalue weighted by Crippen LogP contribution is -2.46. The fourth-order valence-corrected chi connectivity index (χ4v) is 5.30. The van der Waals surface area contributed by atoms with Gasteiger partial charge in [-0.1, -0.05) is 22.0 Å². The molecule has 0 aliphatic carbocycles. The van der Waals surface area contributed by atoms with Crippen LogP contribution < -0.4 is 10.9 Å². The lowest BCUT2D eigenvalue weighted by molar-refractivity contribution is -0.138. The summed E-state index contributed by atoms with van der Waals surface area (Å²) in [4.78, 5) is 37.9. The Bertz CT molecular complexity index is 1710. The monoisotopic (exact) mass is 614 g/mol. The van der Waals surface area contributed by atoms with E-state index in [1.54, 1.807) is 25.4 Å². The molecule has 0 spiro atoms. The van der Waals surface area contributed by atoms with E-state index in [1.165, 1.54) is 21.6 Å². The van der Waals surface area contributed by atoms with Crippen LogP contribution in [0.5, 0.6) is 0 Å². The van der Waals surface area contributed by atoms with Gasteiger partial charge in [0.2, 0.25) is 5.95 Å². The second-order valence-electron chi connectivity index (χ2n) is 9.88. The first-order valence-corrected chi connectivity index (χ1v) is 13.3. The third-order valence-corrected chi connectivity index (χ3v) is 7.76. The van der Waals surface area contributed by atoms with E-state index in [-0.39, 0.29) is 40.6 Å². The van der Waals surface area contributed by atoms with Crippen molar-refractivity contribution in [1.82, 2.24) is 24.0 Å². The predicted octanol–water partition coefficient (Wildman–Crippen LogP) is 5.47. The van der Waals surface area contributed by atoms with E-state index in [9.17, 15) is 22.8 Å². The van der Waals surface area contributed by atoms with Crippen molar-refractivity contribution >= 4 is 38.8 Å². The standard InChI is InChI=1S/C28H26BrF3N6O2/c1-5-15(2)34-27-35-23-13-37(25(39)17-6-8-21(29)20(11-17)28(30,31)32)16(3)10-19(23)26(40)38(27)18-7-9-22-24(12-18)36(4)14-33-22/h5-9,11-12,14-16H,1,10,13H2,2-4H3,(H,34,35). The summed E-state index contributed by atoms with van der Waals surface area (Å²) in [7, 11) is 1.86. The number of carbonyl (C=O) groups excluding carboxylic acids is 1. The van der Waals surface area contributed by atoms with Crippen LogP contribution in [0.3, 0.4) is 0 Å². The zero-order valence-corrected chi connectivity index (χ0v) is 23.5. The number of nitrogens with one attached hydrogen (secondary N) is 1. The van der Waals surface area contributed by atoms with Crippen LogP contribution in [0.15, 0.2) is 64.6 Å². The van der Waals surface area contributed by atoms with Crippen molar-refractivity contribution in [2.45, 2.75) is 45.1 Å². The predicted molar refractivity (Wildman–Crippen MR) is 150 cm³/mol. The fraction of sp³-hybridized carbons (Fsp3) is 0.286. The van der Waals surface area contributed by atoms with Crippen molar-refractivity contribution in [1.29, 1.82) is 0 Å². The second-order valence-corrected chi connectivity index (χ2v) is 10.7. The topological polar surface area (TPSA) is 85.1 Å². The zero-order valence-electron chi connectivity index (χ0n) is 22.0. The summed E-state index contributed by atoms with van der Waals surface area (Å²) < 4.78 is 43.6. The summed E-state index contributed by atoms with van der Waals surface area (Å²) in [5.74, 6) is -0.305. The molecule has 2 aromatic heterocycles. The van der Waals surface area contributed by atoms with E-state index in [0.29, 0.717) is 16.9 Å². The molecule has 0 saturated carbocycles. The fourth-order valence-electron chi connectivity index (χ4n) is 4.82. The maximum Gasteiger partial charge on any atom is 0.417 e. The molecule has 208 valence electrons. The number of fused-ring (bicyclic) bond motifs is 2. The Labute approximate surface area is 236 Å². The minimum atomic E-state index is -4.62. The Kier molecular flexibility index (Phi) is 7.07. The quantitative estimate of drug-likeness (QED) is 0.301. The van der Waals surface area contributed by atoms with Crippen molar-refractivity contribution in [2.75, 3.05) is 5.32 Å². The third-order valence-electron chi connectivity index (χ3n) is 7.07. The molecule has 0 saturated heterocycles. The molecule has 2 atom stereocenters. The van der Waals surface area contributed by atoms with E-state index in [2.05, 4.69) is 32.8 Å². The van der Waals surface area contributed by atoms with E-state index >= 15 is 0 Å². The largest absolute Gasteiger partial charge is 0.417 e. The number of aromatic nitrogens is 4. The summed E-state index contributed by atoms with van der Waals surface area (Å²) >= 11 is 2.92. The molecule has 1 N–H and O–H groups in total. The zero-order chi connectivity index (χ0) is 28.9. The molecular formula is C28H26BrF3N6O2. The van der Waals surface area contributed by atoms with Gasteiger partial charge in [-0.15, -0.1) is 6.58 Å². The number of amides is 1. The van der Waals surface area contributed by atoms with Crippen LogP contribution in [-0.2, 0) is 26.2 Å². The van der Waals surface area contributed by atoms with Gasteiger partial charge in [0.25, 0.3) is 11.5 Å². The molecular weight excluding hydrogens is 589 g/mol. The van der Waals surface area contributed by atoms with E-state index in [4.69, 9.17) is 4.98 Å².